The summed E-state index contributed by atoms with van der Waals surface area (Å²) in [6, 6.07) is 5.43. The maximum atomic E-state index is 6.04. The van der Waals surface area contributed by atoms with Gasteiger partial charge >= 0.3 is 0 Å². The average Bonchev–Trinajstić information content (AvgIpc) is 3.27. The quantitative estimate of drug-likeness (QED) is 0.665. The molecule has 3 rings (SSSR count). The first-order valence-corrected chi connectivity index (χ1v) is 7.25. The first-order valence-electron chi connectivity index (χ1n) is 6.87. The number of hydrazine groups is 1. The van der Waals surface area contributed by atoms with E-state index in [1.54, 1.807) is 6.07 Å². The Morgan fingerprint density at radius 3 is 2.43 bits per heavy atom. The highest BCUT2D eigenvalue weighted by molar-refractivity contribution is 6.30. The van der Waals surface area contributed by atoms with Gasteiger partial charge in [-0.05, 0) is 49.9 Å². The van der Waals surface area contributed by atoms with Crippen molar-refractivity contribution in [3.05, 3.63) is 40.2 Å². The van der Waals surface area contributed by atoms with Crippen LogP contribution in [0.5, 0.6) is 11.6 Å². The van der Waals surface area contributed by atoms with Crippen LogP contribution in [0.25, 0.3) is 0 Å². The lowest BCUT2D eigenvalue weighted by Crippen LogP contribution is -2.10. The molecule has 1 heterocycles. The van der Waals surface area contributed by atoms with Gasteiger partial charge in [0.05, 0.1) is 0 Å². The second kappa shape index (κ2) is 5.50. The molecule has 6 heteroatoms. The molecule has 21 heavy (non-hydrogen) atoms. The fraction of sp³-hybridized carbons (Fsp3) is 0.333. The summed E-state index contributed by atoms with van der Waals surface area (Å²) in [6.07, 6.45) is 2.24. The van der Waals surface area contributed by atoms with E-state index in [1.807, 2.05) is 26.0 Å². The predicted molar refractivity (Wildman–Crippen MR) is 82.8 cm³/mol. The molecule has 0 bridgehead atoms. The second-order valence-electron chi connectivity index (χ2n) is 5.34. The molecule has 0 aliphatic heterocycles. The Balaban J connectivity index is 1.96. The highest BCUT2D eigenvalue weighted by atomic mass is 35.5. The Labute approximate surface area is 128 Å². The topological polar surface area (TPSA) is 73.1 Å². The Morgan fingerprint density at radius 2 is 1.86 bits per heavy atom. The zero-order chi connectivity index (χ0) is 15.0. The number of hydrogen-bond donors (Lipinski definition) is 2. The number of hydrogen-bond acceptors (Lipinski definition) is 5. The molecule has 110 valence electrons. The van der Waals surface area contributed by atoms with E-state index in [2.05, 4.69) is 15.4 Å². The van der Waals surface area contributed by atoms with E-state index in [4.69, 9.17) is 22.2 Å². The summed E-state index contributed by atoms with van der Waals surface area (Å²) in [7, 11) is 0. The Hall–Kier alpha value is -1.85. The summed E-state index contributed by atoms with van der Waals surface area (Å²) in [6.45, 7) is 3.92. The van der Waals surface area contributed by atoms with Crippen molar-refractivity contribution >= 4 is 17.4 Å². The third kappa shape index (κ3) is 3.09. The van der Waals surface area contributed by atoms with E-state index in [-0.39, 0.29) is 0 Å². The lowest BCUT2D eigenvalue weighted by Gasteiger charge is -2.13. The van der Waals surface area contributed by atoms with Gasteiger partial charge in [0.2, 0.25) is 5.88 Å². The first-order chi connectivity index (χ1) is 10.1. The third-order valence-electron chi connectivity index (χ3n) is 3.44. The van der Waals surface area contributed by atoms with E-state index < -0.39 is 0 Å². The third-order valence-corrected chi connectivity index (χ3v) is 3.66. The number of aryl methyl sites for hydroxylation is 2. The Bertz CT molecular complexity index is 662. The molecule has 2 aromatic rings. The molecular weight excluding hydrogens is 288 g/mol. The van der Waals surface area contributed by atoms with Crippen LogP contribution in [0.1, 0.15) is 35.7 Å². The van der Waals surface area contributed by atoms with E-state index in [9.17, 15) is 0 Å². The molecular formula is C15H17ClN4O. The monoisotopic (exact) mass is 304 g/mol. The number of ether oxygens (including phenoxy) is 1. The molecule has 1 fully saturated rings. The van der Waals surface area contributed by atoms with Crippen molar-refractivity contribution in [1.82, 2.24) is 9.97 Å². The van der Waals surface area contributed by atoms with Crippen LogP contribution < -0.4 is 16.0 Å². The van der Waals surface area contributed by atoms with Gasteiger partial charge in [-0.25, -0.2) is 10.8 Å². The van der Waals surface area contributed by atoms with Crippen molar-refractivity contribution in [3.63, 3.8) is 0 Å². The number of benzene rings is 1. The highest BCUT2D eigenvalue weighted by Crippen LogP contribution is 2.39. The molecule has 0 unspecified atom stereocenters. The van der Waals surface area contributed by atoms with Crippen molar-refractivity contribution in [2.24, 2.45) is 5.84 Å². The minimum Gasteiger partial charge on any atom is -0.438 e. The summed E-state index contributed by atoms with van der Waals surface area (Å²) in [5.41, 5.74) is 4.50. The van der Waals surface area contributed by atoms with Gasteiger partial charge < -0.3 is 10.2 Å². The fourth-order valence-electron chi connectivity index (χ4n) is 2.26. The minimum absolute atomic E-state index is 0.424. The number of nitrogens with one attached hydrogen (secondary N) is 1. The van der Waals surface area contributed by atoms with E-state index >= 15 is 0 Å². The number of anilines is 1. The molecule has 1 saturated carbocycles. The molecule has 0 atom stereocenters. The summed E-state index contributed by atoms with van der Waals surface area (Å²) >= 11 is 6.04. The van der Waals surface area contributed by atoms with E-state index in [1.165, 1.54) is 0 Å². The van der Waals surface area contributed by atoms with Crippen molar-refractivity contribution in [3.8, 4) is 11.6 Å². The van der Waals surface area contributed by atoms with Crippen LogP contribution in [0.4, 0.5) is 5.82 Å². The van der Waals surface area contributed by atoms with Crippen LogP contribution in [0, 0.1) is 13.8 Å². The summed E-state index contributed by atoms with van der Waals surface area (Å²) < 4.78 is 5.95. The molecule has 1 aromatic heterocycles. The van der Waals surface area contributed by atoms with Crippen molar-refractivity contribution in [1.29, 1.82) is 0 Å². The molecule has 0 radical (unpaired) electrons. The standard InChI is InChI=1S/C15H17ClN4O/c1-8-5-11(16)6-9(2)14(8)21-13-7-12(20-17)18-15(19-13)10-3-4-10/h5-7,10H,3-4,17H2,1-2H3,(H,18,19,20). The summed E-state index contributed by atoms with van der Waals surface area (Å²) in [4.78, 5) is 8.85. The molecule has 1 aromatic carbocycles. The van der Waals surface area contributed by atoms with Gasteiger partial charge in [0.15, 0.2) is 0 Å². The van der Waals surface area contributed by atoms with Gasteiger partial charge in [-0.15, -0.1) is 0 Å². The number of nitrogens with zero attached hydrogens (tertiary/aromatic N) is 2. The van der Waals surface area contributed by atoms with Crippen molar-refractivity contribution < 1.29 is 4.74 Å². The van der Waals surface area contributed by atoms with Gasteiger partial charge in [-0.3, -0.25) is 0 Å². The smallest absolute Gasteiger partial charge is 0.224 e. The van der Waals surface area contributed by atoms with Crippen LogP contribution in [-0.4, -0.2) is 9.97 Å². The zero-order valence-electron chi connectivity index (χ0n) is 12.0. The first kappa shape index (κ1) is 14.1. The molecule has 0 amide bonds. The maximum absolute atomic E-state index is 6.04. The number of aromatic nitrogens is 2. The van der Waals surface area contributed by atoms with E-state index in [0.717, 1.165) is 35.5 Å². The summed E-state index contributed by atoms with van der Waals surface area (Å²) in [5, 5.41) is 0.697. The van der Waals surface area contributed by atoms with Gasteiger partial charge in [0, 0.05) is 17.0 Å². The number of rotatable bonds is 4. The molecule has 1 aliphatic rings. The van der Waals surface area contributed by atoms with Crippen LogP contribution in [0.3, 0.4) is 0 Å². The molecule has 0 spiro atoms. The molecule has 3 N–H and O–H groups in total. The molecule has 5 nitrogen and oxygen atoms in total. The van der Waals surface area contributed by atoms with Crippen LogP contribution in [0.15, 0.2) is 18.2 Å². The molecule has 1 aliphatic carbocycles. The molecule has 0 saturated heterocycles. The van der Waals surface area contributed by atoms with Gasteiger partial charge in [0.1, 0.15) is 17.4 Å². The van der Waals surface area contributed by atoms with E-state index in [0.29, 0.717) is 22.6 Å². The Kier molecular flexibility index (Phi) is 3.69. The van der Waals surface area contributed by atoms with Crippen LogP contribution in [0.2, 0.25) is 5.02 Å². The lowest BCUT2D eigenvalue weighted by atomic mass is 10.1. The number of nitrogens with two attached hydrogens (primary N) is 1. The van der Waals surface area contributed by atoms with Crippen molar-refractivity contribution in [2.75, 3.05) is 5.43 Å². The number of halogens is 1. The van der Waals surface area contributed by atoms with Crippen molar-refractivity contribution in [2.45, 2.75) is 32.6 Å². The maximum Gasteiger partial charge on any atom is 0.224 e. The zero-order valence-corrected chi connectivity index (χ0v) is 12.7. The second-order valence-corrected chi connectivity index (χ2v) is 5.78. The SMILES string of the molecule is Cc1cc(Cl)cc(C)c1Oc1cc(NN)nc(C2CC2)n1. The summed E-state index contributed by atoms with van der Waals surface area (Å²) in [5.74, 6) is 8.50. The van der Waals surface area contributed by atoms with Gasteiger partial charge in [-0.2, -0.15) is 4.98 Å². The fourth-order valence-corrected chi connectivity index (χ4v) is 2.58. The Morgan fingerprint density at radius 1 is 1.19 bits per heavy atom. The van der Waals surface area contributed by atoms with Gasteiger partial charge in [-0.1, -0.05) is 11.6 Å². The largest absolute Gasteiger partial charge is 0.438 e. The minimum atomic E-state index is 0.424. The highest BCUT2D eigenvalue weighted by Gasteiger charge is 2.27. The normalized spacial score (nSPS) is 14.1. The van der Waals surface area contributed by atoms with Gasteiger partial charge in [0.25, 0.3) is 0 Å². The lowest BCUT2D eigenvalue weighted by molar-refractivity contribution is 0.452. The number of nitrogen functional groups attached to an aromatic ring is 1. The van der Waals surface area contributed by atoms with Crippen LogP contribution in [-0.2, 0) is 0 Å². The predicted octanol–water partition coefficient (Wildman–Crippen LogP) is 3.70. The average molecular weight is 305 g/mol. The van der Waals surface area contributed by atoms with Crippen LogP contribution >= 0.6 is 11.6 Å².